The van der Waals surface area contributed by atoms with E-state index in [1.807, 2.05) is 0 Å². The summed E-state index contributed by atoms with van der Waals surface area (Å²) in [6, 6.07) is 5.42. The molecular weight excluding hydrogens is 314 g/mol. The molecule has 0 fully saturated rings. The third-order valence-electron chi connectivity index (χ3n) is 3.36. The maximum absolute atomic E-state index is 12.5. The van der Waals surface area contributed by atoms with Gasteiger partial charge in [0, 0.05) is 17.8 Å². The number of carbonyl (C=O) groups is 1. The van der Waals surface area contributed by atoms with Crippen molar-refractivity contribution in [1.29, 1.82) is 0 Å². The number of non-ortho nitro benzene ring substituents is 1. The Morgan fingerprint density at radius 1 is 1.33 bits per heavy atom. The van der Waals surface area contributed by atoms with Crippen molar-refractivity contribution < 1.29 is 14.2 Å². The number of anilines is 1. The Bertz CT molecular complexity index is 739. The zero-order chi connectivity index (χ0) is 17.9. The van der Waals surface area contributed by atoms with Crippen LogP contribution < -0.4 is 10.6 Å². The van der Waals surface area contributed by atoms with Crippen molar-refractivity contribution >= 4 is 17.3 Å². The number of aryl methyl sites for hydroxylation is 1. The predicted molar refractivity (Wildman–Crippen MR) is 86.4 cm³/mol. The monoisotopic (exact) mass is 333 g/mol. The van der Waals surface area contributed by atoms with Gasteiger partial charge in [-0.3, -0.25) is 14.9 Å². The number of nitro benzene ring substituents is 1. The Morgan fingerprint density at radius 3 is 2.46 bits per heavy atom. The van der Waals surface area contributed by atoms with Crippen LogP contribution in [-0.2, 0) is 4.79 Å². The third-order valence-corrected chi connectivity index (χ3v) is 3.36. The van der Waals surface area contributed by atoms with Crippen LogP contribution in [0.3, 0.4) is 0 Å². The highest BCUT2D eigenvalue weighted by atomic mass is 16.6. The second kappa shape index (κ2) is 6.65. The minimum Gasteiger partial charge on any atom is -0.372 e. The van der Waals surface area contributed by atoms with Crippen molar-refractivity contribution in [3.05, 3.63) is 46.1 Å². The van der Waals surface area contributed by atoms with E-state index in [4.69, 9.17) is 4.52 Å². The Morgan fingerprint density at radius 2 is 1.96 bits per heavy atom. The summed E-state index contributed by atoms with van der Waals surface area (Å²) in [5.74, 6) is 0.547. The van der Waals surface area contributed by atoms with Crippen LogP contribution in [0.2, 0.25) is 0 Å². The lowest BCUT2D eigenvalue weighted by Crippen LogP contribution is -2.48. The molecule has 1 unspecified atom stereocenters. The molecule has 128 valence electrons. The first-order valence-electron chi connectivity index (χ1n) is 7.33. The van der Waals surface area contributed by atoms with E-state index in [0.29, 0.717) is 17.4 Å². The first-order valence-corrected chi connectivity index (χ1v) is 7.33. The molecule has 24 heavy (non-hydrogen) atoms. The summed E-state index contributed by atoms with van der Waals surface area (Å²) in [6.45, 7) is 6.85. The molecule has 1 atom stereocenters. The van der Waals surface area contributed by atoms with Gasteiger partial charge < -0.3 is 15.2 Å². The minimum atomic E-state index is -0.945. The molecule has 0 aliphatic carbocycles. The maximum atomic E-state index is 12.5. The van der Waals surface area contributed by atoms with Gasteiger partial charge in [0.15, 0.2) is 5.82 Å². The fourth-order valence-corrected chi connectivity index (χ4v) is 2.01. The van der Waals surface area contributed by atoms with E-state index < -0.39 is 16.5 Å². The summed E-state index contributed by atoms with van der Waals surface area (Å²) < 4.78 is 5.03. The quantitative estimate of drug-likeness (QED) is 0.614. The normalized spacial score (nSPS) is 12.5. The summed E-state index contributed by atoms with van der Waals surface area (Å²) >= 11 is 0. The second-order valence-electron chi connectivity index (χ2n) is 5.93. The van der Waals surface area contributed by atoms with Crippen LogP contribution >= 0.6 is 0 Å². The molecule has 1 heterocycles. The second-order valence-corrected chi connectivity index (χ2v) is 5.93. The van der Waals surface area contributed by atoms with Gasteiger partial charge in [-0.15, -0.1) is 0 Å². The Balaban J connectivity index is 2.02. The highest BCUT2D eigenvalue weighted by Gasteiger charge is 2.30. The average molecular weight is 333 g/mol. The number of nitrogens with zero attached hydrogens (tertiary/aromatic N) is 3. The maximum Gasteiger partial charge on any atom is 0.269 e. The summed E-state index contributed by atoms with van der Waals surface area (Å²) in [4.78, 5) is 26.7. The number of nitrogens with one attached hydrogen (secondary N) is 2. The van der Waals surface area contributed by atoms with Gasteiger partial charge in [-0.25, -0.2) is 0 Å². The van der Waals surface area contributed by atoms with E-state index in [2.05, 4.69) is 20.8 Å². The van der Waals surface area contributed by atoms with Crippen molar-refractivity contribution in [1.82, 2.24) is 15.5 Å². The molecule has 1 amide bonds. The summed E-state index contributed by atoms with van der Waals surface area (Å²) in [6.07, 6.45) is 0. The molecule has 9 nitrogen and oxygen atoms in total. The van der Waals surface area contributed by atoms with Crippen LogP contribution in [0.25, 0.3) is 0 Å². The van der Waals surface area contributed by atoms with Crippen LogP contribution in [0.15, 0.2) is 28.8 Å². The van der Waals surface area contributed by atoms with Crippen LogP contribution in [0.4, 0.5) is 11.4 Å². The highest BCUT2D eigenvalue weighted by molar-refractivity contribution is 5.88. The number of hydrogen-bond donors (Lipinski definition) is 2. The lowest BCUT2D eigenvalue weighted by molar-refractivity contribution is -0.384. The SMILES string of the molecule is Cc1noc(C(C)NC(=O)C(C)(C)Nc2ccc([N+](=O)[O-])cc2)n1. The summed E-state index contributed by atoms with van der Waals surface area (Å²) in [7, 11) is 0. The molecule has 2 aromatic rings. The van der Waals surface area contributed by atoms with Gasteiger partial charge in [0.05, 0.1) is 4.92 Å². The van der Waals surface area contributed by atoms with E-state index in [1.165, 1.54) is 12.1 Å². The minimum absolute atomic E-state index is 0.0109. The molecule has 1 aromatic carbocycles. The zero-order valence-corrected chi connectivity index (χ0v) is 13.9. The summed E-state index contributed by atoms with van der Waals surface area (Å²) in [5.41, 5.74) is -0.357. The van der Waals surface area contributed by atoms with E-state index >= 15 is 0 Å². The molecule has 0 aliphatic rings. The van der Waals surface area contributed by atoms with E-state index in [9.17, 15) is 14.9 Å². The average Bonchev–Trinajstić information content (AvgIpc) is 2.94. The molecule has 2 rings (SSSR count). The van der Waals surface area contributed by atoms with Crippen LogP contribution in [0.5, 0.6) is 0 Å². The third kappa shape index (κ3) is 4.06. The predicted octanol–water partition coefficient (Wildman–Crippen LogP) is 2.35. The van der Waals surface area contributed by atoms with Gasteiger partial charge in [0.2, 0.25) is 11.8 Å². The smallest absolute Gasteiger partial charge is 0.269 e. The fourth-order valence-electron chi connectivity index (χ4n) is 2.01. The topological polar surface area (TPSA) is 123 Å². The Kier molecular flexibility index (Phi) is 4.82. The first kappa shape index (κ1) is 17.4. The lowest BCUT2D eigenvalue weighted by Gasteiger charge is -2.27. The number of benzene rings is 1. The Hall–Kier alpha value is -2.97. The van der Waals surface area contributed by atoms with Crippen molar-refractivity contribution in [2.75, 3.05) is 5.32 Å². The van der Waals surface area contributed by atoms with Gasteiger partial charge in [-0.05, 0) is 39.8 Å². The van der Waals surface area contributed by atoms with Gasteiger partial charge >= 0.3 is 0 Å². The molecule has 0 radical (unpaired) electrons. The number of hydrogen-bond acceptors (Lipinski definition) is 7. The molecule has 2 N–H and O–H groups in total. The van der Waals surface area contributed by atoms with E-state index in [1.54, 1.807) is 39.8 Å². The van der Waals surface area contributed by atoms with Crippen molar-refractivity contribution in [3.8, 4) is 0 Å². The summed E-state index contributed by atoms with van der Waals surface area (Å²) in [5, 5.41) is 20.2. The molecule has 0 saturated carbocycles. The molecule has 9 heteroatoms. The highest BCUT2D eigenvalue weighted by Crippen LogP contribution is 2.20. The number of rotatable bonds is 6. The number of nitro groups is 1. The molecule has 0 bridgehead atoms. The van der Waals surface area contributed by atoms with Gasteiger partial charge in [0.25, 0.3) is 5.69 Å². The van der Waals surface area contributed by atoms with Gasteiger partial charge in [-0.2, -0.15) is 4.98 Å². The van der Waals surface area contributed by atoms with Crippen molar-refractivity contribution in [2.45, 2.75) is 39.3 Å². The number of carbonyl (C=O) groups excluding carboxylic acids is 1. The largest absolute Gasteiger partial charge is 0.372 e. The van der Waals surface area contributed by atoms with Crippen LogP contribution in [0, 0.1) is 17.0 Å². The number of amides is 1. The van der Waals surface area contributed by atoms with Crippen LogP contribution in [0.1, 0.15) is 38.5 Å². The molecule has 0 saturated heterocycles. The molecular formula is C15H19N5O4. The molecule has 1 aromatic heterocycles. The van der Waals surface area contributed by atoms with Crippen molar-refractivity contribution in [2.24, 2.45) is 0 Å². The first-order chi connectivity index (χ1) is 11.2. The molecule has 0 spiro atoms. The lowest BCUT2D eigenvalue weighted by atomic mass is 10.0. The van der Waals surface area contributed by atoms with E-state index in [0.717, 1.165) is 0 Å². The van der Waals surface area contributed by atoms with Gasteiger partial charge in [0.1, 0.15) is 11.6 Å². The molecule has 0 aliphatic heterocycles. The zero-order valence-electron chi connectivity index (χ0n) is 13.9. The van der Waals surface area contributed by atoms with Crippen molar-refractivity contribution in [3.63, 3.8) is 0 Å². The van der Waals surface area contributed by atoms with E-state index in [-0.39, 0.29) is 11.6 Å². The standard InChI is InChI=1S/C15H19N5O4/c1-9(13-17-10(2)19-24-13)16-14(21)15(3,4)18-11-5-7-12(8-6-11)20(22)23/h5-9,18H,1-4H3,(H,16,21). The fraction of sp³-hybridized carbons (Fsp3) is 0.400. The number of aromatic nitrogens is 2. The Labute approximate surface area is 138 Å². The van der Waals surface area contributed by atoms with Crippen LogP contribution in [-0.4, -0.2) is 26.5 Å². The van der Waals surface area contributed by atoms with Gasteiger partial charge in [-0.1, -0.05) is 5.16 Å².